The van der Waals surface area contributed by atoms with Gasteiger partial charge in [-0.05, 0) is 51.1 Å². The number of amides is 1. The van der Waals surface area contributed by atoms with E-state index in [2.05, 4.69) is 17.4 Å². The van der Waals surface area contributed by atoms with Crippen LogP contribution in [0.3, 0.4) is 0 Å². The molecular formula is C30H24ClNO4. The molecule has 1 aliphatic carbocycles. The molecular weight excluding hydrogens is 474 g/mol. The molecule has 0 fully saturated rings. The van der Waals surface area contributed by atoms with Crippen LogP contribution in [0, 0.1) is 0 Å². The van der Waals surface area contributed by atoms with E-state index in [9.17, 15) is 14.7 Å². The molecule has 0 spiro atoms. The number of carboxylic acid groups (broad SMARTS) is 1. The second-order valence-corrected chi connectivity index (χ2v) is 9.17. The van der Waals surface area contributed by atoms with E-state index < -0.39 is 18.1 Å². The van der Waals surface area contributed by atoms with Gasteiger partial charge < -0.3 is 15.2 Å². The molecule has 0 heterocycles. The van der Waals surface area contributed by atoms with Crippen LogP contribution in [0.5, 0.6) is 0 Å². The minimum absolute atomic E-state index is 0.0598. The topological polar surface area (TPSA) is 75.6 Å². The summed E-state index contributed by atoms with van der Waals surface area (Å²) >= 11 is 6.22. The number of aliphatic carboxylic acids is 1. The average Bonchev–Trinajstić information content (AvgIpc) is 3.21. The Hall–Kier alpha value is -4.09. The van der Waals surface area contributed by atoms with Crippen LogP contribution < -0.4 is 5.32 Å². The molecule has 5 nitrogen and oxygen atoms in total. The Morgan fingerprint density at radius 2 is 1.44 bits per heavy atom. The Morgan fingerprint density at radius 3 is 2.08 bits per heavy atom. The number of benzene rings is 4. The van der Waals surface area contributed by atoms with E-state index in [4.69, 9.17) is 16.3 Å². The minimum Gasteiger partial charge on any atom is -0.480 e. The van der Waals surface area contributed by atoms with E-state index >= 15 is 0 Å². The summed E-state index contributed by atoms with van der Waals surface area (Å²) in [6.45, 7) is 0.110. The molecule has 0 radical (unpaired) electrons. The molecule has 1 atom stereocenters. The largest absolute Gasteiger partial charge is 0.480 e. The molecule has 0 saturated carbocycles. The van der Waals surface area contributed by atoms with Crippen molar-refractivity contribution in [3.63, 3.8) is 0 Å². The summed E-state index contributed by atoms with van der Waals surface area (Å²) in [6.07, 6.45) is -0.711. The van der Waals surface area contributed by atoms with Crippen LogP contribution >= 0.6 is 11.6 Å². The van der Waals surface area contributed by atoms with Gasteiger partial charge in [0.1, 0.15) is 12.6 Å². The molecule has 1 aliphatic rings. The lowest BCUT2D eigenvalue weighted by Gasteiger charge is -2.19. The molecule has 6 heteroatoms. The van der Waals surface area contributed by atoms with E-state index in [1.807, 2.05) is 72.8 Å². The third-order valence-corrected chi connectivity index (χ3v) is 6.75. The molecule has 0 aromatic heterocycles. The predicted molar refractivity (Wildman–Crippen MR) is 140 cm³/mol. The molecule has 0 unspecified atom stereocenters. The maximum Gasteiger partial charge on any atom is 0.407 e. The summed E-state index contributed by atoms with van der Waals surface area (Å²) < 4.78 is 5.56. The monoisotopic (exact) mass is 497 g/mol. The zero-order valence-corrected chi connectivity index (χ0v) is 20.1. The number of halogens is 1. The Balaban J connectivity index is 1.31. The van der Waals surface area contributed by atoms with Crippen molar-refractivity contribution in [3.8, 4) is 22.3 Å². The van der Waals surface area contributed by atoms with Gasteiger partial charge in [0, 0.05) is 17.4 Å². The Bertz CT molecular complexity index is 1370. The fourth-order valence-corrected chi connectivity index (χ4v) is 5.03. The van der Waals surface area contributed by atoms with Crippen LogP contribution in [0.1, 0.15) is 22.6 Å². The Kier molecular flexibility index (Phi) is 6.74. The standard InChI is InChI=1S/C30H24ClNO4/c31-21-14-15-22(19-8-2-1-3-9-19)20(16-21)17-28(29(33)34)32-30(35)36-18-27-25-12-6-4-10-23(25)24-11-5-7-13-26(24)27/h1-16,27-28H,17-18H2,(H,32,35)(H,33,34)/t28-/m0/s1. The van der Waals surface area contributed by atoms with Gasteiger partial charge in [0.2, 0.25) is 0 Å². The predicted octanol–water partition coefficient (Wildman–Crippen LogP) is 6.54. The van der Waals surface area contributed by atoms with Crippen LogP contribution in [0.15, 0.2) is 97.1 Å². The van der Waals surface area contributed by atoms with Gasteiger partial charge in [-0.2, -0.15) is 0 Å². The first-order valence-corrected chi connectivity index (χ1v) is 12.1. The van der Waals surface area contributed by atoms with E-state index in [0.29, 0.717) is 5.02 Å². The van der Waals surface area contributed by atoms with Gasteiger partial charge in [0.15, 0.2) is 0 Å². The lowest BCUT2D eigenvalue weighted by Crippen LogP contribution is -2.43. The zero-order chi connectivity index (χ0) is 25.1. The number of carbonyl (C=O) groups is 2. The van der Waals surface area contributed by atoms with Crippen LogP contribution in [0.2, 0.25) is 5.02 Å². The third kappa shape index (κ3) is 4.83. The first-order chi connectivity index (χ1) is 17.5. The van der Waals surface area contributed by atoms with Gasteiger partial charge in [-0.15, -0.1) is 0 Å². The smallest absolute Gasteiger partial charge is 0.407 e. The first-order valence-electron chi connectivity index (χ1n) is 11.7. The number of hydrogen-bond acceptors (Lipinski definition) is 3. The summed E-state index contributed by atoms with van der Waals surface area (Å²) in [7, 11) is 0. The maximum absolute atomic E-state index is 12.7. The minimum atomic E-state index is -1.18. The SMILES string of the molecule is O=C(N[C@@H](Cc1cc(Cl)ccc1-c1ccccc1)C(=O)O)OCC1c2ccccc2-c2ccccc21. The number of rotatable bonds is 7. The van der Waals surface area contributed by atoms with E-state index in [1.54, 1.807) is 12.1 Å². The van der Waals surface area contributed by atoms with Crippen molar-refractivity contribution in [2.45, 2.75) is 18.4 Å². The van der Waals surface area contributed by atoms with Crippen molar-refractivity contribution in [2.75, 3.05) is 6.61 Å². The molecule has 1 amide bonds. The molecule has 180 valence electrons. The summed E-state index contributed by atoms with van der Waals surface area (Å²) in [5.41, 5.74) is 6.95. The number of alkyl carbamates (subject to hydrolysis) is 1. The summed E-state index contributed by atoms with van der Waals surface area (Å²) in [5, 5.41) is 12.9. The van der Waals surface area contributed by atoms with E-state index in [-0.39, 0.29) is 18.9 Å². The van der Waals surface area contributed by atoms with Gasteiger partial charge in [0.05, 0.1) is 0 Å². The number of hydrogen-bond donors (Lipinski definition) is 2. The van der Waals surface area contributed by atoms with Crippen molar-refractivity contribution in [2.24, 2.45) is 0 Å². The van der Waals surface area contributed by atoms with Crippen molar-refractivity contribution in [1.82, 2.24) is 5.32 Å². The van der Waals surface area contributed by atoms with Gasteiger partial charge in [-0.1, -0.05) is 96.5 Å². The van der Waals surface area contributed by atoms with E-state index in [1.165, 1.54) is 0 Å². The second-order valence-electron chi connectivity index (χ2n) is 8.73. The van der Waals surface area contributed by atoms with Crippen molar-refractivity contribution in [1.29, 1.82) is 0 Å². The lowest BCUT2D eigenvalue weighted by atomic mass is 9.95. The highest BCUT2D eigenvalue weighted by Gasteiger charge is 2.30. The number of ether oxygens (including phenoxy) is 1. The van der Waals surface area contributed by atoms with Crippen molar-refractivity contribution in [3.05, 3.63) is 119 Å². The highest BCUT2D eigenvalue weighted by molar-refractivity contribution is 6.30. The summed E-state index contributed by atoms with van der Waals surface area (Å²) in [4.78, 5) is 24.8. The van der Waals surface area contributed by atoms with Crippen LogP contribution in [-0.2, 0) is 16.0 Å². The summed E-state index contributed by atoms with van der Waals surface area (Å²) in [6, 6.07) is 29.9. The Labute approximate surface area is 214 Å². The molecule has 36 heavy (non-hydrogen) atoms. The average molecular weight is 498 g/mol. The fourth-order valence-electron chi connectivity index (χ4n) is 4.83. The van der Waals surface area contributed by atoms with Crippen LogP contribution in [0.4, 0.5) is 4.79 Å². The Morgan fingerprint density at radius 1 is 0.833 bits per heavy atom. The number of nitrogens with one attached hydrogen (secondary N) is 1. The number of fused-ring (bicyclic) bond motifs is 3. The van der Waals surface area contributed by atoms with Gasteiger partial charge in [-0.25, -0.2) is 9.59 Å². The quantitative estimate of drug-likeness (QED) is 0.304. The van der Waals surface area contributed by atoms with Gasteiger partial charge >= 0.3 is 12.1 Å². The molecule has 0 saturated heterocycles. The maximum atomic E-state index is 12.7. The van der Waals surface area contributed by atoms with E-state index in [0.717, 1.165) is 38.9 Å². The van der Waals surface area contributed by atoms with Crippen molar-refractivity contribution >= 4 is 23.7 Å². The molecule has 4 aromatic rings. The number of carbonyl (C=O) groups excluding carboxylic acids is 1. The normalized spacial score (nSPS) is 12.9. The van der Waals surface area contributed by atoms with Crippen LogP contribution in [0.25, 0.3) is 22.3 Å². The molecule has 2 N–H and O–H groups in total. The highest BCUT2D eigenvalue weighted by Crippen LogP contribution is 2.44. The molecule has 4 aromatic carbocycles. The third-order valence-electron chi connectivity index (χ3n) is 6.51. The molecule has 0 bridgehead atoms. The second kappa shape index (κ2) is 10.3. The summed E-state index contributed by atoms with van der Waals surface area (Å²) in [5.74, 6) is -1.26. The van der Waals surface area contributed by atoms with Gasteiger partial charge in [0.25, 0.3) is 0 Å². The van der Waals surface area contributed by atoms with Crippen molar-refractivity contribution < 1.29 is 19.4 Å². The fraction of sp³-hybridized carbons (Fsp3) is 0.133. The molecule has 0 aliphatic heterocycles. The zero-order valence-electron chi connectivity index (χ0n) is 19.4. The molecule has 5 rings (SSSR count). The number of carboxylic acids is 1. The van der Waals surface area contributed by atoms with Crippen LogP contribution in [-0.4, -0.2) is 29.8 Å². The lowest BCUT2D eigenvalue weighted by molar-refractivity contribution is -0.139. The highest BCUT2D eigenvalue weighted by atomic mass is 35.5. The van der Waals surface area contributed by atoms with Gasteiger partial charge in [-0.3, -0.25) is 0 Å². The first kappa shape index (κ1) is 23.6.